The van der Waals surface area contributed by atoms with E-state index in [1.54, 1.807) is 0 Å². The zero-order chi connectivity index (χ0) is 20.8. The quantitative estimate of drug-likeness (QED) is 0.349. The van der Waals surface area contributed by atoms with E-state index in [1.165, 1.54) is 0 Å². The van der Waals surface area contributed by atoms with E-state index in [0.29, 0.717) is 0 Å². The van der Waals surface area contributed by atoms with Crippen molar-refractivity contribution in [3.63, 3.8) is 0 Å². The van der Waals surface area contributed by atoms with E-state index in [1.807, 2.05) is 0 Å². The minimum absolute atomic E-state index is 2.53. The van der Waals surface area contributed by atoms with Gasteiger partial charge in [-0.2, -0.15) is 48.3 Å². The van der Waals surface area contributed by atoms with E-state index in [-0.39, 0.29) is 0 Å². The van der Waals surface area contributed by atoms with Gasteiger partial charge in [-0.3, -0.25) is 0 Å². The van der Waals surface area contributed by atoms with E-state index in [4.69, 9.17) is 0 Å². The predicted molar refractivity (Wildman–Crippen MR) is 52.1 cm³/mol. The van der Waals surface area contributed by atoms with Crippen LogP contribution in [0.25, 0.3) is 0 Å². The number of rotatable bonds is 4. The highest BCUT2D eigenvalue weighted by Gasteiger charge is 2.77. The Morgan fingerprint density at radius 1 is 0.615 bits per heavy atom. The minimum Gasteiger partial charge on any atom is -0.439 e. The molecule has 0 spiro atoms. The van der Waals surface area contributed by atoms with Crippen LogP contribution in [0.3, 0.4) is 0 Å². The summed E-state index contributed by atoms with van der Waals surface area (Å²) in [4.78, 5) is 0. The number of hydrogen-bond donors (Lipinski definition) is 0. The van der Waals surface area contributed by atoms with Crippen molar-refractivity contribution in [3.05, 3.63) is 41.0 Å². The maximum Gasteiger partial charge on any atom is 0.467 e. The molecular formula is C11F14O. The van der Waals surface area contributed by atoms with E-state index in [0.717, 1.165) is 0 Å². The van der Waals surface area contributed by atoms with Crippen molar-refractivity contribution in [3.8, 4) is 5.75 Å². The minimum atomic E-state index is -7.19. The summed E-state index contributed by atoms with van der Waals surface area (Å²) in [7, 11) is 0. The van der Waals surface area contributed by atoms with Crippen molar-refractivity contribution in [1.82, 2.24) is 0 Å². The smallest absolute Gasteiger partial charge is 0.439 e. The summed E-state index contributed by atoms with van der Waals surface area (Å²) in [5.41, 5.74) is 0. The SMILES string of the molecule is FC(F)=C(F)C(F)(F)C(F)(Oc1c(F)c(F)c(F)c(F)c1F)C(F)(F)F. The van der Waals surface area contributed by atoms with Gasteiger partial charge in [0.05, 0.1) is 0 Å². The number of hydrogen-bond acceptors (Lipinski definition) is 1. The molecule has 15 heteroatoms. The fourth-order valence-corrected chi connectivity index (χ4v) is 1.37. The molecule has 1 unspecified atom stereocenters. The summed E-state index contributed by atoms with van der Waals surface area (Å²) < 4.78 is 181. The first-order chi connectivity index (χ1) is 11.5. The van der Waals surface area contributed by atoms with Crippen molar-refractivity contribution >= 4 is 0 Å². The topological polar surface area (TPSA) is 9.23 Å². The second-order valence-corrected chi connectivity index (χ2v) is 4.24. The average Bonchev–Trinajstić information content (AvgIpc) is 2.52. The summed E-state index contributed by atoms with van der Waals surface area (Å²) in [6.45, 7) is 0. The Kier molecular flexibility index (Phi) is 5.45. The molecule has 1 aromatic carbocycles. The van der Waals surface area contributed by atoms with Crippen molar-refractivity contribution in [2.24, 2.45) is 0 Å². The molecule has 0 aliphatic carbocycles. The Hall–Kier alpha value is -2.22. The van der Waals surface area contributed by atoms with Gasteiger partial charge in [-0.15, -0.1) is 0 Å². The first-order valence-electron chi connectivity index (χ1n) is 5.55. The van der Waals surface area contributed by atoms with Gasteiger partial charge < -0.3 is 4.74 Å². The summed E-state index contributed by atoms with van der Waals surface area (Å²) in [6, 6.07) is 0. The van der Waals surface area contributed by atoms with Crippen LogP contribution in [0, 0.1) is 29.1 Å². The Labute approximate surface area is 132 Å². The predicted octanol–water partition coefficient (Wildman–Crippen LogP) is 5.70. The average molecular weight is 414 g/mol. The Balaban J connectivity index is 3.76. The lowest BCUT2D eigenvalue weighted by Gasteiger charge is -2.33. The lowest BCUT2D eigenvalue weighted by Crippen LogP contribution is -2.60. The number of benzene rings is 1. The van der Waals surface area contributed by atoms with Gasteiger partial charge >= 0.3 is 24.0 Å². The lowest BCUT2D eigenvalue weighted by molar-refractivity contribution is -0.367. The van der Waals surface area contributed by atoms with Crippen molar-refractivity contribution in [2.45, 2.75) is 18.0 Å². The maximum absolute atomic E-state index is 13.7. The van der Waals surface area contributed by atoms with Crippen LogP contribution < -0.4 is 4.74 Å². The lowest BCUT2D eigenvalue weighted by atomic mass is 10.1. The van der Waals surface area contributed by atoms with E-state index in [9.17, 15) is 61.5 Å². The molecule has 0 amide bonds. The molecule has 0 aromatic heterocycles. The third-order valence-corrected chi connectivity index (χ3v) is 2.62. The summed E-state index contributed by atoms with van der Waals surface area (Å²) in [6.07, 6.45) is -11.4. The third kappa shape index (κ3) is 3.13. The molecule has 26 heavy (non-hydrogen) atoms. The van der Waals surface area contributed by atoms with Crippen LogP contribution in [0.2, 0.25) is 0 Å². The Morgan fingerprint density at radius 3 is 1.27 bits per heavy atom. The van der Waals surface area contributed by atoms with Gasteiger partial charge in [-0.05, 0) is 0 Å². The monoisotopic (exact) mass is 414 g/mol. The molecule has 0 N–H and O–H groups in total. The van der Waals surface area contributed by atoms with Gasteiger partial charge in [0.25, 0.3) is 0 Å². The molecule has 0 fully saturated rings. The zero-order valence-corrected chi connectivity index (χ0v) is 11.2. The van der Waals surface area contributed by atoms with Crippen LogP contribution in [0.4, 0.5) is 61.5 Å². The molecule has 1 aromatic rings. The van der Waals surface area contributed by atoms with Gasteiger partial charge in [0.2, 0.25) is 40.7 Å². The number of halogens is 14. The fraction of sp³-hybridized carbons (Fsp3) is 0.273. The van der Waals surface area contributed by atoms with Crippen LogP contribution in [-0.2, 0) is 0 Å². The van der Waals surface area contributed by atoms with Gasteiger partial charge in [0.15, 0.2) is 0 Å². The van der Waals surface area contributed by atoms with E-state index < -0.39 is 64.7 Å². The fourth-order valence-electron chi connectivity index (χ4n) is 1.37. The third-order valence-electron chi connectivity index (χ3n) is 2.62. The zero-order valence-electron chi connectivity index (χ0n) is 11.2. The first kappa shape index (κ1) is 21.8. The summed E-state index contributed by atoms with van der Waals surface area (Å²) in [5, 5.41) is 0. The molecule has 0 aliphatic rings. The van der Waals surface area contributed by atoms with Crippen LogP contribution >= 0.6 is 0 Å². The molecule has 0 saturated heterocycles. The van der Waals surface area contributed by atoms with E-state index in [2.05, 4.69) is 4.74 Å². The molecule has 0 saturated carbocycles. The molecule has 0 aliphatic heterocycles. The molecule has 0 radical (unpaired) electrons. The molecule has 0 heterocycles. The van der Waals surface area contributed by atoms with Crippen LogP contribution in [0.5, 0.6) is 5.75 Å². The van der Waals surface area contributed by atoms with Gasteiger partial charge in [0.1, 0.15) is 0 Å². The molecule has 1 atom stereocenters. The first-order valence-corrected chi connectivity index (χ1v) is 5.55. The second kappa shape index (κ2) is 6.50. The summed E-state index contributed by atoms with van der Waals surface area (Å²) >= 11 is 0. The van der Waals surface area contributed by atoms with Crippen LogP contribution in [0.1, 0.15) is 0 Å². The second-order valence-electron chi connectivity index (χ2n) is 4.24. The normalized spacial score (nSPS) is 14.8. The highest BCUT2D eigenvalue weighted by Crippen LogP contribution is 2.51. The molecular weight excluding hydrogens is 414 g/mol. The molecule has 0 bridgehead atoms. The van der Waals surface area contributed by atoms with Crippen LogP contribution in [0.15, 0.2) is 11.9 Å². The molecule has 1 rings (SSSR count). The Bertz CT molecular complexity index is 717. The van der Waals surface area contributed by atoms with Gasteiger partial charge in [0, 0.05) is 0 Å². The van der Waals surface area contributed by atoms with Gasteiger partial charge in [-0.1, -0.05) is 0 Å². The van der Waals surface area contributed by atoms with E-state index >= 15 is 0 Å². The molecule has 1 nitrogen and oxygen atoms in total. The highest BCUT2D eigenvalue weighted by atomic mass is 19.4. The van der Waals surface area contributed by atoms with Crippen molar-refractivity contribution in [1.29, 1.82) is 0 Å². The van der Waals surface area contributed by atoms with Gasteiger partial charge in [-0.25, -0.2) is 13.2 Å². The largest absolute Gasteiger partial charge is 0.467 e. The number of ether oxygens (including phenoxy) is 1. The van der Waals surface area contributed by atoms with Crippen molar-refractivity contribution < 1.29 is 66.2 Å². The molecule has 148 valence electrons. The standard InChI is InChI=1S/C11F14O/c12-1-2(13)4(15)6(5(16)3(1)14)26-10(22,11(23,24)25)9(20,21)7(17)8(18)19. The van der Waals surface area contributed by atoms with Crippen molar-refractivity contribution in [2.75, 3.05) is 0 Å². The number of alkyl halides is 6. The highest BCUT2D eigenvalue weighted by molar-refractivity contribution is 5.31. The van der Waals surface area contributed by atoms with Crippen LogP contribution in [-0.4, -0.2) is 18.0 Å². The summed E-state index contributed by atoms with van der Waals surface area (Å²) in [5.74, 6) is -37.3. The maximum atomic E-state index is 13.7. The Morgan fingerprint density at radius 2 is 0.962 bits per heavy atom.